The van der Waals surface area contributed by atoms with E-state index in [-0.39, 0.29) is 19.1 Å². The first kappa shape index (κ1) is 62.2. The van der Waals surface area contributed by atoms with Gasteiger partial charge in [-0.1, -0.05) is 194 Å². The second kappa shape index (κ2) is 46.3. The van der Waals surface area contributed by atoms with Crippen molar-refractivity contribution in [3.8, 4) is 0 Å². The fourth-order valence-electron chi connectivity index (χ4n) is 6.66. The maximum absolute atomic E-state index is 12.9. The van der Waals surface area contributed by atoms with Gasteiger partial charge in [-0.05, 0) is 96.3 Å². The summed E-state index contributed by atoms with van der Waals surface area (Å²) in [5, 5.41) is 13.9. The summed E-state index contributed by atoms with van der Waals surface area (Å²) in [6, 6.07) is -0.886. The van der Waals surface area contributed by atoms with Crippen molar-refractivity contribution in [3.05, 3.63) is 109 Å². The van der Waals surface area contributed by atoms with Gasteiger partial charge in [0.15, 0.2) is 0 Å². The van der Waals surface area contributed by atoms with E-state index in [4.69, 9.17) is 9.05 Å². The van der Waals surface area contributed by atoms with Crippen LogP contribution < -0.4 is 5.32 Å². The van der Waals surface area contributed by atoms with Crippen LogP contribution in [0.1, 0.15) is 187 Å². The molecular formula is C56H98N2O6P+. The number of carbonyl (C=O) groups is 1. The molecular weight excluding hydrogens is 828 g/mol. The van der Waals surface area contributed by atoms with E-state index in [0.717, 1.165) is 103 Å². The second-order valence-corrected chi connectivity index (χ2v) is 19.6. The van der Waals surface area contributed by atoms with Crippen molar-refractivity contribution in [2.24, 2.45) is 0 Å². The van der Waals surface area contributed by atoms with Crippen molar-refractivity contribution in [1.29, 1.82) is 0 Å². The number of hydrogen-bond acceptors (Lipinski definition) is 5. The minimum Gasteiger partial charge on any atom is -0.387 e. The first-order chi connectivity index (χ1) is 31.5. The molecule has 3 unspecified atom stereocenters. The van der Waals surface area contributed by atoms with Crippen LogP contribution in [0.15, 0.2) is 109 Å². The van der Waals surface area contributed by atoms with E-state index >= 15 is 0 Å². The molecule has 0 aliphatic heterocycles. The Morgan fingerprint density at radius 2 is 0.938 bits per heavy atom. The Balaban J connectivity index is 4.43. The van der Waals surface area contributed by atoms with Gasteiger partial charge in [0.05, 0.1) is 39.9 Å². The fraction of sp³-hybridized carbons (Fsp3) is 0.661. The quantitative estimate of drug-likeness (QED) is 0.0243. The second-order valence-electron chi connectivity index (χ2n) is 18.1. The zero-order chi connectivity index (χ0) is 47.8. The molecule has 0 fully saturated rings. The summed E-state index contributed by atoms with van der Waals surface area (Å²) in [6.45, 7) is 4.64. The first-order valence-electron chi connectivity index (χ1n) is 25.8. The number of aliphatic hydroxyl groups is 1. The Labute approximate surface area is 400 Å². The van der Waals surface area contributed by atoms with Gasteiger partial charge in [0.25, 0.3) is 0 Å². The molecule has 0 saturated carbocycles. The van der Waals surface area contributed by atoms with E-state index in [0.29, 0.717) is 17.4 Å². The molecule has 3 N–H and O–H groups in total. The Morgan fingerprint density at radius 1 is 0.538 bits per heavy atom. The Hall–Kier alpha value is -2.84. The van der Waals surface area contributed by atoms with Crippen molar-refractivity contribution in [2.45, 2.75) is 199 Å². The number of phosphoric ester groups is 1. The summed E-state index contributed by atoms with van der Waals surface area (Å²) >= 11 is 0. The van der Waals surface area contributed by atoms with Gasteiger partial charge in [-0.25, -0.2) is 4.57 Å². The number of nitrogens with one attached hydrogen (secondary N) is 1. The SMILES string of the molecule is CC/C=C\C/C=C\C/C=C\C/C=C\C/C=C\C/C=C\CCCCCCCCC(=O)NC(COP(=O)(O)OCC[N+](C)(C)C)C(O)/C=C/CC/C=C/CC/C=C/CCCCCCCCCC. The van der Waals surface area contributed by atoms with Gasteiger partial charge < -0.3 is 19.8 Å². The number of aliphatic hydroxyl groups excluding tert-OH is 1. The monoisotopic (exact) mass is 926 g/mol. The number of amides is 1. The van der Waals surface area contributed by atoms with E-state index in [9.17, 15) is 19.4 Å². The topological polar surface area (TPSA) is 105 Å². The molecule has 0 bridgehead atoms. The van der Waals surface area contributed by atoms with Gasteiger partial charge in [0.1, 0.15) is 13.2 Å². The molecule has 0 aromatic carbocycles. The summed E-state index contributed by atoms with van der Waals surface area (Å²) in [7, 11) is 1.52. The Kier molecular flexibility index (Phi) is 44.3. The van der Waals surface area contributed by atoms with Crippen LogP contribution >= 0.6 is 7.82 Å². The molecule has 0 spiro atoms. The van der Waals surface area contributed by atoms with Crippen LogP contribution in [0.5, 0.6) is 0 Å². The third kappa shape index (κ3) is 48.9. The van der Waals surface area contributed by atoms with Gasteiger partial charge in [-0.2, -0.15) is 0 Å². The minimum absolute atomic E-state index is 0.0440. The van der Waals surface area contributed by atoms with Gasteiger partial charge in [-0.3, -0.25) is 13.8 Å². The Morgan fingerprint density at radius 3 is 1.42 bits per heavy atom. The van der Waals surface area contributed by atoms with E-state index in [2.05, 4.69) is 116 Å². The first-order valence-corrected chi connectivity index (χ1v) is 27.3. The predicted molar refractivity (Wildman–Crippen MR) is 281 cm³/mol. The highest BCUT2D eigenvalue weighted by molar-refractivity contribution is 7.47. The lowest BCUT2D eigenvalue weighted by Crippen LogP contribution is -2.45. The van der Waals surface area contributed by atoms with E-state index < -0.39 is 20.0 Å². The maximum Gasteiger partial charge on any atom is 0.472 e. The van der Waals surface area contributed by atoms with Crippen LogP contribution in [-0.2, 0) is 18.4 Å². The van der Waals surface area contributed by atoms with E-state index in [1.165, 1.54) is 64.2 Å². The molecule has 9 heteroatoms. The molecule has 0 aliphatic carbocycles. The number of hydrogen-bond donors (Lipinski definition) is 3. The highest BCUT2D eigenvalue weighted by Gasteiger charge is 2.27. The molecule has 0 aromatic rings. The highest BCUT2D eigenvalue weighted by Crippen LogP contribution is 2.43. The minimum atomic E-state index is -4.37. The molecule has 0 saturated heterocycles. The van der Waals surface area contributed by atoms with Gasteiger partial charge in [0, 0.05) is 6.42 Å². The molecule has 372 valence electrons. The van der Waals surface area contributed by atoms with Crippen LogP contribution in [0.2, 0.25) is 0 Å². The van der Waals surface area contributed by atoms with Gasteiger partial charge >= 0.3 is 7.82 Å². The fourth-order valence-corrected chi connectivity index (χ4v) is 7.40. The summed E-state index contributed by atoms with van der Waals surface area (Å²) in [5.74, 6) is -0.211. The molecule has 0 aliphatic rings. The summed E-state index contributed by atoms with van der Waals surface area (Å²) in [4.78, 5) is 23.2. The number of quaternary nitrogens is 1. The number of likely N-dealkylation sites (N-methyl/N-ethyl adjacent to an activating group) is 1. The maximum atomic E-state index is 12.9. The van der Waals surface area contributed by atoms with E-state index in [1.54, 1.807) is 6.08 Å². The van der Waals surface area contributed by atoms with Gasteiger partial charge in [-0.15, -0.1) is 0 Å². The van der Waals surface area contributed by atoms with Crippen molar-refractivity contribution < 1.29 is 32.9 Å². The molecule has 8 nitrogen and oxygen atoms in total. The van der Waals surface area contributed by atoms with Crippen LogP contribution in [0.25, 0.3) is 0 Å². The van der Waals surface area contributed by atoms with Crippen molar-refractivity contribution >= 4 is 13.7 Å². The number of nitrogens with zero attached hydrogens (tertiary/aromatic N) is 1. The summed E-state index contributed by atoms with van der Waals surface area (Å²) in [6.07, 6.45) is 67.4. The van der Waals surface area contributed by atoms with Crippen LogP contribution in [0.4, 0.5) is 0 Å². The van der Waals surface area contributed by atoms with Crippen LogP contribution in [-0.4, -0.2) is 73.4 Å². The van der Waals surface area contributed by atoms with Crippen LogP contribution in [0.3, 0.4) is 0 Å². The largest absolute Gasteiger partial charge is 0.472 e. The number of phosphoric acid groups is 1. The average Bonchev–Trinajstić information content (AvgIpc) is 3.26. The number of allylic oxidation sites excluding steroid dienone is 17. The molecule has 0 aromatic heterocycles. The molecule has 0 heterocycles. The van der Waals surface area contributed by atoms with Crippen molar-refractivity contribution in [1.82, 2.24) is 5.32 Å². The Bertz CT molecular complexity index is 1420. The number of carbonyl (C=O) groups excluding carboxylic acids is 1. The number of rotatable bonds is 45. The third-order valence-corrected chi connectivity index (χ3v) is 11.7. The van der Waals surface area contributed by atoms with Crippen molar-refractivity contribution in [3.63, 3.8) is 0 Å². The van der Waals surface area contributed by atoms with E-state index in [1.807, 2.05) is 27.2 Å². The lowest BCUT2D eigenvalue weighted by atomic mass is 10.1. The standard InChI is InChI=1S/C56H97N2O6P/c1-6-8-10-12-14-16-18-20-22-24-26-27-28-29-30-31-32-34-36-38-40-42-44-46-48-50-56(60)57-54(53-64-65(61,62)63-52-51-58(3,4)5)55(59)49-47-45-43-41-39-37-35-33-25-23-21-19-17-15-13-11-9-7-2/h8,10,14,16,20,22,25-27,29-30,32-34,39,41,47,49,54-55,59H,6-7,9,11-13,15,17-19,21,23-24,28,31,35-38,40,42-46,48,50-53H2,1-5H3,(H-,57,60,61,62)/p+1/b10-8-,16-14-,22-20-,27-26-,30-29-,33-25+,34-32-,41-39+,49-47+. The molecule has 1 amide bonds. The third-order valence-electron chi connectivity index (χ3n) is 10.7. The predicted octanol–water partition coefficient (Wildman–Crippen LogP) is 15.3. The van der Waals surface area contributed by atoms with Crippen molar-refractivity contribution in [2.75, 3.05) is 40.9 Å². The molecule has 65 heavy (non-hydrogen) atoms. The van der Waals surface area contributed by atoms with Crippen LogP contribution in [0, 0.1) is 0 Å². The lowest BCUT2D eigenvalue weighted by Gasteiger charge is -2.25. The normalized spacial score (nSPS) is 15.0. The van der Waals surface area contributed by atoms with Gasteiger partial charge in [0.2, 0.25) is 5.91 Å². The smallest absolute Gasteiger partial charge is 0.387 e. The molecule has 0 rings (SSSR count). The summed E-state index contributed by atoms with van der Waals surface area (Å²) in [5.41, 5.74) is 0. The molecule has 0 radical (unpaired) electrons. The lowest BCUT2D eigenvalue weighted by molar-refractivity contribution is -0.870. The molecule has 3 atom stereocenters. The number of unbranched alkanes of at least 4 members (excludes halogenated alkanes) is 16. The zero-order valence-corrected chi connectivity index (χ0v) is 43.1. The average molecular weight is 926 g/mol. The summed E-state index contributed by atoms with van der Waals surface area (Å²) < 4.78 is 23.6. The zero-order valence-electron chi connectivity index (χ0n) is 42.2. The highest BCUT2D eigenvalue weighted by atomic mass is 31.2.